The number of hydrogen-bond acceptors (Lipinski definition) is 13. The molecule has 1 saturated heterocycles. The summed E-state index contributed by atoms with van der Waals surface area (Å²) in [6.45, 7) is 13.5. The molecule has 15 nitrogen and oxygen atoms in total. The summed E-state index contributed by atoms with van der Waals surface area (Å²) in [7, 11) is -4.40. The number of rotatable bonds is 17. The minimum absolute atomic E-state index is 0.182. The van der Waals surface area contributed by atoms with Gasteiger partial charge in [0, 0.05) is 0 Å². The van der Waals surface area contributed by atoms with Crippen molar-refractivity contribution in [1.29, 1.82) is 0 Å². The summed E-state index contributed by atoms with van der Waals surface area (Å²) in [5.41, 5.74) is 5.39. The second kappa shape index (κ2) is 17.0. The van der Waals surface area contributed by atoms with Crippen LogP contribution in [-0.2, 0) is 42.4 Å². The van der Waals surface area contributed by atoms with Gasteiger partial charge < -0.3 is 29.2 Å². The van der Waals surface area contributed by atoms with Crippen LogP contribution in [0, 0.1) is 17.8 Å². The highest BCUT2D eigenvalue weighted by Crippen LogP contribution is 2.50. The van der Waals surface area contributed by atoms with Crippen LogP contribution in [0.15, 0.2) is 48.8 Å². The van der Waals surface area contributed by atoms with Gasteiger partial charge >= 0.3 is 25.7 Å². The van der Waals surface area contributed by atoms with Crippen molar-refractivity contribution >= 4 is 37.0 Å². The van der Waals surface area contributed by atoms with Gasteiger partial charge in [-0.1, -0.05) is 72.6 Å². The van der Waals surface area contributed by atoms with Gasteiger partial charge in [-0.15, -0.1) is 0 Å². The van der Waals surface area contributed by atoms with Gasteiger partial charge in [-0.05, 0) is 44.0 Å². The average Bonchev–Trinajstić information content (AvgIpc) is 3.64. The molecule has 0 spiro atoms. The second-order valence-electron chi connectivity index (χ2n) is 13.5. The molecule has 6 atom stereocenters. The zero-order chi connectivity index (χ0) is 37.5. The Bertz CT molecular complexity index is 1700. The van der Waals surface area contributed by atoms with E-state index in [0.717, 1.165) is 12.8 Å². The summed E-state index contributed by atoms with van der Waals surface area (Å²) in [5.74, 6) is -2.31. The maximum Gasteiger partial charge on any atom is 0.459 e. The van der Waals surface area contributed by atoms with Crippen LogP contribution in [0.1, 0.15) is 80.0 Å². The number of nitrogens with two attached hydrogens (primary N) is 1. The molecule has 51 heavy (non-hydrogen) atoms. The molecule has 1 aliphatic rings. The van der Waals surface area contributed by atoms with E-state index in [4.69, 9.17) is 33.7 Å². The lowest BCUT2D eigenvalue weighted by molar-refractivity contribution is -0.175. The number of anilines is 1. The van der Waals surface area contributed by atoms with Crippen LogP contribution in [0.5, 0.6) is 5.75 Å². The number of nitrogen functional groups attached to an aromatic ring is 1. The Labute approximate surface area is 298 Å². The van der Waals surface area contributed by atoms with Crippen LogP contribution < -0.4 is 15.3 Å². The largest absolute Gasteiger partial charge is 0.464 e. The molecule has 280 valence electrons. The second-order valence-corrected chi connectivity index (χ2v) is 15.2. The monoisotopic (exact) mass is 731 g/mol. The molecule has 3 N–H and O–H groups in total. The first-order chi connectivity index (χ1) is 24.1. The highest BCUT2D eigenvalue weighted by molar-refractivity contribution is 7.52. The lowest BCUT2D eigenvalue weighted by Gasteiger charge is -2.33. The van der Waals surface area contributed by atoms with Crippen molar-refractivity contribution in [2.45, 2.75) is 98.2 Å². The zero-order valence-corrected chi connectivity index (χ0v) is 31.3. The van der Waals surface area contributed by atoms with Crippen molar-refractivity contribution < 1.29 is 46.9 Å². The Balaban J connectivity index is 1.71. The number of para-hydroxylation sites is 1. The molecule has 0 amide bonds. The van der Waals surface area contributed by atoms with Gasteiger partial charge in [0.2, 0.25) is 0 Å². The fourth-order valence-electron chi connectivity index (χ4n) is 5.37. The van der Waals surface area contributed by atoms with Crippen LogP contribution in [0.4, 0.5) is 5.82 Å². The number of benzene rings is 1. The number of fused-ring (bicyclic) bond motifs is 1. The summed E-state index contributed by atoms with van der Waals surface area (Å²) < 4.78 is 52.1. The van der Waals surface area contributed by atoms with Crippen LogP contribution in [0.3, 0.4) is 0 Å². The van der Waals surface area contributed by atoms with E-state index in [0.29, 0.717) is 11.2 Å². The Kier molecular flexibility index (Phi) is 13.2. The van der Waals surface area contributed by atoms with Gasteiger partial charge in [0.25, 0.3) is 0 Å². The molecular weight excluding hydrogens is 681 g/mol. The highest BCUT2D eigenvalue weighted by atomic mass is 31.2. The number of aromatic nitrogens is 3. The molecule has 4 rings (SSSR count). The SMILES string of the molecule is CCC(CC)COC(=O)[C@H](C)N[P@](=O)(OC[C@@]1(C)O[C@@H](c2ccc3c(N)ncnn23)[C@H](OC(=O)C(C)C)[C@@H]1OC(=O)C(C)C)Oc1ccccc1. The molecule has 0 bridgehead atoms. The van der Waals surface area contributed by atoms with Gasteiger partial charge in [0.1, 0.15) is 35.3 Å². The summed E-state index contributed by atoms with van der Waals surface area (Å²) in [6.07, 6.45) is -0.596. The number of hydrogen-bond donors (Lipinski definition) is 2. The first kappa shape index (κ1) is 39.7. The van der Waals surface area contributed by atoms with Crippen molar-refractivity contribution in [1.82, 2.24) is 19.7 Å². The molecular formula is C35H50N5O10P. The maximum atomic E-state index is 14.5. The van der Waals surface area contributed by atoms with Crippen molar-refractivity contribution in [3.05, 3.63) is 54.5 Å². The van der Waals surface area contributed by atoms with Gasteiger partial charge in [0.15, 0.2) is 18.0 Å². The van der Waals surface area contributed by atoms with Gasteiger partial charge in [-0.25, -0.2) is 14.1 Å². The minimum atomic E-state index is -4.40. The van der Waals surface area contributed by atoms with Crippen molar-refractivity contribution in [2.24, 2.45) is 17.8 Å². The third-order valence-electron chi connectivity index (χ3n) is 8.65. The smallest absolute Gasteiger partial charge is 0.459 e. The Morgan fingerprint density at radius 1 is 0.980 bits per heavy atom. The molecule has 2 aromatic heterocycles. The standard InChI is InChI=1S/C35H50N5O10P/c1-9-24(10-2)18-45-34(43)23(7)39-51(44,50-25-14-12-11-13-15-25)46-19-35(8)30(48-33(42)22(5)6)29(47-32(41)21(3)4)28(49-35)26-16-17-27-31(36)37-20-38-40(26)27/h11-17,20-24,28-30H,9-10,18-19H2,1-8H3,(H,39,44)(H2,36,37,38)/t23-,28-,29-,30-,35+,51-/m0/s1. The first-order valence-corrected chi connectivity index (χ1v) is 18.8. The fraction of sp³-hybridized carbons (Fsp3) is 0.571. The zero-order valence-electron chi connectivity index (χ0n) is 30.4. The van der Waals surface area contributed by atoms with Gasteiger partial charge in [0.05, 0.1) is 30.7 Å². The number of nitrogens with one attached hydrogen (secondary N) is 1. The number of ether oxygens (including phenoxy) is 4. The van der Waals surface area contributed by atoms with E-state index < -0.39 is 74.1 Å². The molecule has 3 heterocycles. The van der Waals surface area contributed by atoms with Crippen molar-refractivity contribution in [3.63, 3.8) is 0 Å². The maximum absolute atomic E-state index is 14.5. The van der Waals surface area contributed by atoms with E-state index in [1.165, 1.54) is 17.8 Å². The Morgan fingerprint density at radius 2 is 1.63 bits per heavy atom. The fourth-order valence-corrected chi connectivity index (χ4v) is 6.96. The third kappa shape index (κ3) is 9.65. The lowest BCUT2D eigenvalue weighted by Crippen LogP contribution is -2.49. The molecule has 1 aromatic carbocycles. The predicted octanol–water partition coefficient (Wildman–Crippen LogP) is 5.44. The molecule has 1 aliphatic heterocycles. The number of carbonyl (C=O) groups is 3. The summed E-state index contributed by atoms with van der Waals surface area (Å²) in [4.78, 5) is 43.3. The quantitative estimate of drug-likeness (QED) is 0.101. The van der Waals surface area contributed by atoms with E-state index in [9.17, 15) is 18.9 Å². The van der Waals surface area contributed by atoms with Crippen LogP contribution in [-0.4, -0.2) is 69.6 Å². The predicted molar refractivity (Wildman–Crippen MR) is 187 cm³/mol. The summed E-state index contributed by atoms with van der Waals surface area (Å²) >= 11 is 0. The van der Waals surface area contributed by atoms with Crippen molar-refractivity contribution in [2.75, 3.05) is 18.9 Å². The lowest BCUT2D eigenvalue weighted by atomic mass is 9.95. The molecule has 16 heteroatoms. The normalized spacial score (nSPS) is 22.2. The van der Waals surface area contributed by atoms with E-state index in [1.54, 1.807) is 77.1 Å². The number of nitrogens with zero attached hydrogens (tertiary/aromatic N) is 3. The average molecular weight is 732 g/mol. The van der Waals surface area contributed by atoms with E-state index in [-0.39, 0.29) is 24.1 Å². The highest BCUT2D eigenvalue weighted by Gasteiger charge is 2.59. The van der Waals surface area contributed by atoms with Crippen molar-refractivity contribution in [3.8, 4) is 5.75 Å². The molecule has 0 saturated carbocycles. The minimum Gasteiger partial charge on any atom is -0.464 e. The third-order valence-corrected chi connectivity index (χ3v) is 10.3. The Hall–Kier alpha value is -4.04. The van der Waals surface area contributed by atoms with E-state index >= 15 is 0 Å². The van der Waals surface area contributed by atoms with Crippen LogP contribution >= 0.6 is 7.75 Å². The summed E-state index contributed by atoms with van der Waals surface area (Å²) in [6, 6.07) is 10.6. The molecule has 1 fully saturated rings. The van der Waals surface area contributed by atoms with Crippen LogP contribution in [0.2, 0.25) is 0 Å². The van der Waals surface area contributed by atoms with Crippen LogP contribution in [0.25, 0.3) is 5.52 Å². The number of esters is 3. The number of carbonyl (C=O) groups excluding carboxylic acids is 3. The molecule has 3 aromatic rings. The summed E-state index contributed by atoms with van der Waals surface area (Å²) in [5, 5.41) is 7.02. The van der Waals surface area contributed by atoms with Gasteiger partial charge in [-0.2, -0.15) is 10.2 Å². The van der Waals surface area contributed by atoms with Gasteiger partial charge in [-0.3, -0.25) is 18.9 Å². The topological polar surface area (TPSA) is 192 Å². The van der Waals surface area contributed by atoms with E-state index in [1.807, 2.05) is 13.8 Å². The van der Waals surface area contributed by atoms with E-state index in [2.05, 4.69) is 15.2 Å². The Morgan fingerprint density at radius 3 is 2.25 bits per heavy atom. The molecule has 0 aliphatic carbocycles. The molecule has 0 radical (unpaired) electrons. The first-order valence-electron chi connectivity index (χ1n) is 17.2. The molecule has 0 unspecified atom stereocenters.